The van der Waals surface area contributed by atoms with Crippen molar-refractivity contribution in [3.63, 3.8) is 0 Å². The second-order valence-electron chi connectivity index (χ2n) is 5.05. The van der Waals surface area contributed by atoms with Gasteiger partial charge in [0.1, 0.15) is 5.82 Å². The van der Waals surface area contributed by atoms with Crippen LogP contribution < -0.4 is 4.90 Å². The lowest BCUT2D eigenvalue weighted by Gasteiger charge is -2.39. The number of halogens is 2. The Bertz CT molecular complexity index is 812. The zero-order valence-electron chi connectivity index (χ0n) is 10.9. The fourth-order valence-electron chi connectivity index (χ4n) is 2.59. The topological polar surface area (TPSA) is 46.3 Å². The van der Waals surface area contributed by atoms with E-state index in [1.165, 1.54) is 12.3 Å². The van der Waals surface area contributed by atoms with Gasteiger partial charge in [0.25, 0.3) is 0 Å². The standard InChI is InChI=1S/C14H11ClFN5/c15-10-5-11(16)14(17-6-10)20-7-9(8-20)13-19-18-12-3-1-2-4-21(12)13/h1-6,9H,7-8H2. The molecule has 1 aliphatic heterocycles. The summed E-state index contributed by atoms with van der Waals surface area (Å²) in [5.74, 6) is 1.06. The zero-order valence-corrected chi connectivity index (χ0v) is 11.7. The molecule has 0 bridgehead atoms. The Morgan fingerprint density at radius 2 is 2.10 bits per heavy atom. The van der Waals surface area contributed by atoms with Crippen molar-refractivity contribution in [1.29, 1.82) is 0 Å². The molecule has 0 N–H and O–H groups in total. The number of aromatic nitrogens is 4. The molecule has 1 aliphatic rings. The lowest BCUT2D eigenvalue weighted by Crippen LogP contribution is -2.46. The molecule has 1 saturated heterocycles. The Labute approximate surface area is 125 Å². The van der Waals surface area contributed by atoms with Crippen LogP contribution in [0.2, 0.25) is 5.02 Å². The summed E-state index contributed by atoms with van der Waals surface area (Å²) in [5.41, 5.74) is 0.821. The van der Waals surface area contributed by atoms with Crippen molar-refractivity contribution >= 4 is 23.1 Å². The van der Waals surface area contributed by atoms with E-state index in [4.69, 9.17) is 11.6 Å². The quantitative estimate of drug-likeness (QED) is 0.730. The Kier molecular flexibility index (Phi) is 2.78. The maximum absolute atomic E-state index is 13.8. The third kappa shape index (κ3) is 2.03. The lowest BCUT2D eigenvalue weighted by atomic mass is 9.99. The van der Waals surface area contributed by atoms with E-state index in [0.29, 0.717) is 23.9 Å². The molecule has 4 rings (SSSR count). The molecular formula is C14H11ClFN5. The molecule has 106 valence electrons. The first kappa shape index (κ1) is 12.5. The summed E-state index contributed by atoms with van der Waals surface area (Å²) < 4.78 is 15.8. The van der Waals surface area contributed by atoms with E-state index in [1.807, 2.05) is 33.7 Å². The number of fused-ring (bicyclic) bond motifs is 1. The third-order valence-corrected chi connectivity index (χ3v) is 3.88. The minimum atomic E-state index is -0.396. The van der Waals surface area contributed by atoms with E-state index < -0.39 is 5.82 Å². The van der Waals surface area contributed by atoms with Crippen LogP contribution in [0.1, 0.15) is 11.7 Å². The van der Waals surface area contributed by atoms with Gasteiger partial charge >= 0.3 is 0 Å². The highest BCUT2D eigenvalue weighted by molar-refractivity contribution is 6.30. The predicted molar refractivity (Wildman–Crippen MR) is 77.1 cm³/mol. The summed E-state index contributed by atoms with van der Waals surface area (Å²) in [6, 6.07) is 7.06. The maximum atomic E-state index is 13.8. The highest BCUT2D eigenvalue weighted by Gasteiger charge is 2.33. The molecule has 0 atom stereocenters. The summed E-state index contributed by atoms with van der Waals surface area (Å²) in [7, 11) is 0. The number of rotatable bonds is 2. The SMILES string of the molecule is Fc1cc(Cl)cnc1N1CC(c2nnc3ccccn23)C1. The molecule has 0 aliphatic carbocycles. The van der Waals surface area contributed by atoms with Crippen molar-refractivity contribution in [2.24, 2.45) is 0 Å². The van der Waals surface area contributed by atoms with Crippen molar-refractivity contribution in [2.45, 2.75) is 5.92 Å². The van der Waals surface area contributed by atoms with Gasteiger partial charge < -0.3 is 4.90 Å². The summed E-state index contributed by atoms with van der Waals surface area (Å²) in [5, 5.41) is 8.67. The first-order valence-corrected chi connectivity index (χ1v) is 6.96. The van der Waals surface area contributed by atoms with Gasteiger partial charge in [-0.3, -0.25) is 4.40 Å². The molecule has 1 fully saturated rings. The summed E-state index contributed by atoms with van der Waals surface area (Å²) in [4.78, 5) is 5.93. The van der Waals surface area contributed by atoms with Crippen LogP contribution in [0, 0.1) is 5.82 Å². The Hall–Kier alpha value is -2.21. The molecule has 0 amide bonds. The smallest absolute Gasteiger partial charge is 0.167 e. The molecule has 3 aromatic heterocycles. The molecule has 5 nitrogen and oxygen atoms in total. The minimum Gasteiger partial charge on any atom is -0.353 e. The number of hydrogen-bond donors (Lipinski definition) is 0. The van der Waals surface area contributed by atoms with E-state index in [9.17, 15) is 4.39 Å². The van der Waals surface area contributed by atoms with E-state index in [-0.39, 0.29) is 5.92 Å². The van der Waals surface area contributed by atoms with E-state index >= 15 is 0 Å². The van der Waals surface area contributed by atoms with Crippen LogP contribution in [-0.4, -0.2) is 32.7 Å². The molecular weight excluding hydrogens is 293 g/mol. The zero-order chi connectivity index (χ0) is 14.4. The van der Waals surface area contributed by atoms with Gasteiger partial charge in [-0.25, -0.2) is 9.37 Å². The fourth-order valence-corrected chi connectivity index (χ4v) is 2.74. The molecule has 21 heavy (non-hydrogen) atoms. The molecule has 7 heteroatoms. The second-order valence-corrected chi connectivity index (χ2v) is 5.48. The summed E-state index contributed by atoms with van der Waals surface area (Å²) >= 11 is 5.72. The largest absolute Gasteiger partial charge is 0.353 e. The number of nitrogens with zero attached hydrogens (tertiary/aromatic N) is 5. The third-order valence-electron chi connectivity index (χ3n) is 3.67. The van der Waals surface area contributed by atoms with Gasteiger partial charge in [0, 0.05) is 25.5 Å². The van der Waals surface area contributed by atoms with Crippen LogP contribution in [0.25, 0.3) is 5.65 Å². The van der Waals surface area contributed by atoms with Crippen molar-refractivity contribution in [3.05, 3.63) is 53.3 Å². The Balaban J connectivity index is 1.57. The van der Waals surface area contributed by atoms with Crippen molar-refractivity contribution in [1.82, 2.24) is 19.6 Å². The van der Waals surface area contributed by atoms with Crippen LogP contribution in [-0.2, 0) is 0 Å². The maximum Gasteiger partial charge on any atom is 0.167 e. The number of pyridine rings is 2. The highest BCUT2D eigenvalue weighted by Crippen LogP contribution is 2.31. The van der Waals surface area contributed by atoms with E-state index in [1.54, 1.807) is 0 Å². The van der Waals surface area contributed by atoms with Gasteiger partial charge in [-0.2, -0.15) is 0 Å². The molecule has 0 saturated carbocycles. The molecule has 0 unspecified atom stereocenters. The van der Waals surface area contributed by atoms with Crippen LogP contribution in [0.4, 0.5) is 10.2 Å². The first-order valence-electron chi connectivity index (χ1n) is 6.58. The van der Waals surface area contributed by atoms with E-state index in [2.05, 4.69) is 15.2 Å². The first-order chi connectivity index (χ1) is 10.2. The average Bonchev–Trinajstić information content (AvgIpc) is 2.84. The minimum absolute atomic E-state index is 0.222. The predicted octanol–water partition coefficient (Wildman–Crippen LogP) is 2.52. The van der Waals surface area contributed by atoms with Crippen molar-refractivity contribution in [2.75, 3.05) is 18.0 Å². The van der Waals surface area contributed by atoms with Gasteiger partial charge in [-0.05, 0) is 18.2 Å². The normalized spacial score (nSPS) is 15.4. The van der Waals surface area contributed by atoms with Gasteiger partial charge in [0.15, 0.2) is 17.3 Å². The van der Waals surface area contributed by atoms with Crippen LogP contribution in [0.3, 0.4) is 0 Å². The molecule has 3 aromatic rings. The van der Waals surface area contributed by atoms with Gasteiger partial charge in [0.2, 0.25) is 0 Å². The van der Waals surface area contributed by atoms with Crippen LogP contribution in [0.15, 0.2) is 36.7 Å². The monoisotopic (exact) mass is 303 g/mol. The van der Waals surface area contributed by atoms with Crippen LogP contribution in [0.5, 0.6) is 0 Å². The summed E-state index contributed by atoms with van der Waals surface area (Å²) in [6.07, 6.45) is 3.40. The van der Waals surface area contributed by atoms with Gasteiger partial charge in [0.05, 0.1) is 10.9 Å². The highest BCUT2D eigenvalue weighted by atomic mass is 35.5. The average molecular weight is 304 g/mol. The van der Waals surface area contributed by atoms with Crippen molar-refractivity contribution < 1.29 is 4.39 Å². The molecule has 0 radical (unpaired) electrons. The fraction of sp³-hybridized carbons (Fsp3) is 0.214. The molecule has 0 spiro atoms. The number of hydrogen-bond acceptors (Lipinski definition) is 4. The van der Waals surface area contributed by atoms with Crippen molar-refractivity contribution in [3.8, 4) is 0 Å². The lowest BCUT2D eigenvalue weighted by molar-refractivity contribution is 0.479. The molecule has 4 heterocycles. The summed E-state index contributed by atoms with van der Waals surface area (Å²) in [6.45, 7) is 1.34. The molecule has 0 aromatic carbocycles. The van der Waals surface area contributed by atoms with Crippen LogP contribution >= 0.6 is 11.6 Å². The van der Waals surface area contributed by atoms with Gasteiger partial charge in [-0.15, -0.1) is 10.2 Å². The Morgan fingerprint density at radius 1 is 1.24 bits per heavy atom. The van der Waals surface area contributed by atoms with Gasteiger partial charge in [-0.1, -0.05) is 17.7 Å². The number of anilines is 1. The van der Waals surface area contributed by atoms with E-state index in [0.717, 1.165) is 11.5 Å². The Morgan fingerprint density at radius 3 is 2.90 bits per heavy atom. The second kappa shape index (κ2) is 4.66.